The molecule has 6 atom stereocenters. The lowest BCUT2D eigenvalue weighted by Crippen LogP contribution is -2.60. The van der Waals surface area contributed by atoms with Crippen molar-refractivity contribution in [2.45, 2.75) is 41.5 Å². The van der Waals surface area contributed by atoms with Gasteiger partial charge in [-0.15, -0.1) is 23.2 Å². The van der Waals surface area contributed by atoms with Crippen LogP contribution in [0, 0.1) is 17.8 Å². The highest BCUT2D eigenvalue weighted by atomic mass is 35.5. The van der Waals surface area contributed by atoms with Gasteiger partial charge >= 0.3 is 5.97 Å². The van der Waals surface area contributed by atoms with Gasteiger partial charge in [-0.2, -0.15) is 0 Å². The van der Waals surface area contributed by atoms with Crippen molar-refractivity contribution in [2.75, 3.05) is 13.6 Å². The summed E-state index contributed by atoms with van der Waals surface area (Å²) < 4.78 is 5.85. The number of halogens is 2. The molecule has 0 aromatic heterocycles. The number of imide groups is 2. The summed E-state index contributed by atoms with van der Waals surface area (Å²) in [7, 11) is 1.29. The third-order valence-corrected chi connectivity index (χ3v) is 10.6. The van der Waals surface area contributed by atoms with E-state index < -0.39 is 69.4 Å². The Kier molecular flexibility index (Phi) is 7.05. The van der Waals surface area contributed by atoms with E-state index in [0.29, 0.717) is 11.3 Å². The van der Waals surface area contributed by atoms with Gasteiger partial charge in [-0.3, -0.25) is 33.8 Å². The van der Waals surface area contributed by atoms with Gasteiger partial charge in [-0.1, -0.05) is 48.0 Å². The number of carbonyl (C=O) groups excluding carboxylic acids is 4. The molecule has 2 saturated heterocycles. The molecule has 0 bridgehead atoms. The highest BCUT2D eigenvalue weighted by Crippen LogP contribution is 2.66. The van der Waals surface area contributed by atoms with Crippen LogP contribution in [-0.4, -0.2) is 73.0 Å². The van der Waals surface area contributed by atoms with Crippen molar-refractivity contribution < 1.29 is 38.9 Å². The van der Waals surface area contributed by atoms with Crippen LogP contribution >= 0.6 is 23.2 Å². The summed E-state index contributed by atoms with van der Waals surface area (Å²) in [6.07, 6.45) is 1.29. The molecule has 2 aromatic rings. The number of benzene rings is 2. The van der Waals surface area contributed by atoms with Crippen LogP contribution in [0.25, 0.3) is 0 Å². The van der Waals surface area contributed by atoms with E-state index in [4.69, 9.17) is 33.0 Å². The number of hydrogen-bond acceptors (Lipinski definition) is 7. The molecular formula is C31H28Cl2N2O8. The van der Waals surface area contributed by atoms with Crippen LogP contribution in [0.3, 0.4) is 0 Å². The lowest BCUT2D eigenvalue weighted by Gasteiger charge is -2.50. The number of nitrogens with zero attached hydrogens (tertiary/aromatic N) is 2. The molecule has 10 nitrogen and oxygen atoms in total. The molecule has 224 valence electrons. The van der Waals surface area contributed by atoms with Crippen molar-refractivity contribution in [2.24, 2.45) is 17.8 Å². The Balaban J connectivity index is 1.41. The first-order chi connectivity index (χ1) is 20.4. The molecule has 2 aliphatic heterocycles. The Bertz CT molecular complexity index is 1600. The molecule has 4 amide bonds. The SMILES string of the molecule is CN1C(=O)C2(Cl)CC3C(=CCC4C(=O)N(CCC(=O)O)C(=O)C43)C(c3ccc(OCc4ccccc4)cc3O)C2(Cl)C1=O. The van der Waals surface area contributed by atoms with Crippen molar-refractivity contribution in [1.82, 2.24) is 9.80 Å². The average Bonchev–Trinajstić information content (AvgIpc) is 3.30. The fourth-order valence-electron chi connectivity index (χ4n) is 7.18. The Hall–Kier alpha value is -3.89. The number of phenols is 1. The number of likely N-dealkylation sites (tertiary alicyclic amines) is 2. The largest absolute Gasteiger partial charge is 0.508 e. The monoisotopic (exact) mass is 626 g/mol. The van der Waals surface area contributed by atoms with Crippen LogP contribution in [0.4, 0.5) is 0 Å². The quantitative estimate of drug-likeness (QED) is 0.270. The number of aromatic hydroxyl groups is 1. The summed E-state index contributed by atoms with van der Waals surface area (Å²) in [5.74, 6) is -7.13. The van der Waals surface area contributed by atoms with Crippen LogP contribution in [0.2, 0.25) is 0 Å². The first-order valence-electron chi connectivity index (χ1n) is 13.9. The minimum absolute atomic E-state index is 0.139. The summed E-state index contributed by atoms with van der Waals surface area (Å²) in [5.41, 5.74) is 1.66. The molecule has 2 aliphatic carbocycles. The number of phenolic OH excluding ortho intramolecular Hbond substituents is 1. The lowest BCUT2D eigenvalue weighted by atomic mass is 9.56. The van der Waals surface area contributed by atoms with Crippen LogP contribution in [0.15, 0.2) is 60.2 Å². The van der Waals surface area contributed by atoms with Gasteiger partial charge in [-0.25, -0.2) is 0 Å². The highest BCUT2D eigenvalue weighted by molar-refractivity contribution is 6.53. The molecule has 43 heavy (non-hydrogen) atoms. The molecule has 6 rings (SSSR count). The summed E-state index contributed by atoms with van der Waals surface area (Å²) in [6, 6.07) is 14.0. The fourth-order valence-corrected chi connectivity index (χ4v) is 8.19. The minimum atomic E-state index is -2.03. The van der Waals surface area contributed by atoms with E-state index in [1.807, 2.05) is 30.3 Å². The zero-order chi connectivity index (χ0) is 30.8. The second-order valence-corrected chi connectivity index (χ2v) is 12.7. The van der Waals surface area contributed by atoms with Gasteiger partial charge in [0.25, 0.3) is 11.8 Å². The molecule has 3 fully saturated rings. The van der Waals surface area contributed by atoms with E-state index in [1.165, 1.54) is 13.1 Å². The van der Waals surface area contributed by atoms with E-state index >= 15 is 0 Å². The number of ether oxygens (including phenoxy) is 1. The van der Waals surface area contributed by atoms with E-state index in [9.17, 15) is 29.1 Å². The number of allylic oxidation sites excluding steroid dienone is 2. The standard InChI is InChI=1S/C31H28Cl2N2O8/c1-34-28(41)30(32)14-21-18(9-10-20-24(21)27(40)35(26(20)39)12-11-23(37)38)25(31(30,33)29(34)42)19-8-7-17(13-22(19)36)43-15-16-5-3-2-4-6-16/h2-9,13,20-21,24-25,36H,10-12,14-15H2,1H3,(H,37,38). The van der Waals surface area contributed by atoms with Gasteiger partial charge in [0.05, 0.1) is 18.3 Å². The van der Waals surface area contributed by atoms with Crippen LogP contribution in [0.1, 0.15) is 36.3 Å². The van der Waals surface area contributed by atoms with Crippen molar-refractivity contribution >= 4 is 52.8 Å². The van der Waals surface area contributed by atoms with Crippen LogP contribution in [-0.2, 0) is 30.6 Å². The van der Waals surface area contributed by atoms with E-state index in [1.54, 1.807) is 18.2 Å². The first kappa shape index (κ1) is 29.2. The van der Waals surface area contributed by atoms with Crippen LogP contribution < -0.4 is 4.74 Å². The predicted molar refractivity (Wildman–Crippen MR) is 153 cm³/mol. The topological polar surface area (TPSA) is 142 Å². The molecule has 12 heteroatoms. The molecule has 0 radical (unpaired) electrons. The van der Waals surface area contributed by atoms with E-state index in [0.717, 1.165) is 15.4 Å². The maximum absolute atomic E-state index is 13.7. The fraction of sp³-hybridized carbons (Fsp3) is 0.387. The summed E-state index contributed by atoms with van der Waals surface area (Å²) in [5, 5.41) is 20.4. The Labute approximate surface area is 256 Å². The number of fused-ring (bicyclic) bond motifs is 4. The molecule has 6 unspecified atom stereocenters. The summed E-state index contributed by atoms with van der Waals surface area (Å²) >= 11 is 14.3. The Morgan fingerprint density at radius 3 is 2.42 bits per heavy atom. The molecule has 2 N–H and O–H groups in total. The normalized spacial score (nSPS) is 31.5. The van der Waals surface area contributed by atoms with Gasteiger partial charge in [-0.05, 0) is 30.4 Å². The Morgan fingerprint density at radius 1 is 1.02 bits per heavy atom. The first-order valence-corrected chi connectivity index (χ1v) is 14.6. The number of carboxylic acid groups (broad SMARTS) is 1. The Morgan fingerprint density at radius 2 is 1.74 bits per heavy atom. The van der Waals surface area contributed by atoms with Crippen molar-refractivity contribution in [3.63, 3.8) is 0 Å². The van der Waals surface area contributed by atoms with Crippen molar-refractivity contribution in [3.8, 4) is 11.5 Å². The number of alkyl halides is 2. The predicted octanol–water partition coefficient (Wildman–Crippen LogP) is 3.43. The van der Waals surface area contributed by atoms with Crippen molar-refractivity contribution in [1.29, 1.82) is 0 Å². The van der Waals surface area contributed by atoms with Gasteiger partial charge in [0.15, 0.2) is 9.75 Å². The molecule has 0 spiro atoms. The molecular weight excluding hydrogens is 599 g/mol. The zero-order valence-electron chi connectivity index (χ0n) is 23.0. The molecule has 4 aliphatic rings. The third kappa shape index (κ3) is 4.25. The van der Waals surface area contributed by atoms with Gasteiger partial charge < -0.3 is 14.9 Å². The van der Waals surface area contributed by atoms with Gasteiger partial charge in [0.2, 0.25) is 11.8 Å². The summed E-state index contributed by atoms with van der Waals surface area (Å²) in [4.78, 5) is 63.1. The number of aliphatic carboxylic acids is 1. The highest BCUT2D eigenvalue weighted by Gasteiger charge is 2.76. The maximum Gasteiger partial charge on any atom is 0.305 e. The van der Waals surface area contributed by atoms with E-state index in [2.05, 4.69) is 0 Å². The number of hydrogen-bond donors (Lipinski definition) is 2. The lowest BCUT2D eigenvalue weighted by molar-refractivity contribution is -0.143. The second-order valence-electron chi connectivity index (χ2n) is 11.5. The summed E-state index contributed by atoms with van der Waals surface area (Å²) in [6.45, 7) is -0.0295. The number of carbonyl (C=O) groups is 5. The maximum atomic E-state index is 13.7. The van der Waals surface area contributed by atoms with Gasteiger partial charge in [0, 0.05) is 31.1 Å². The minimum Gasteiger partial charge on any atom is -0.508 e. The van der Waals surface area contributed by atoms with Crippen LogP contribution in [0.5, 0.6) is 11.5 Å². The zero-order valence-corrected chi connectivity index (χ0v) is 24.5. The molecule has 2 aromatic carbocycles. The smallest absolute Gasteiger partial charge is 0.305 e. The number of amides is 4. The number of rotatable bonds is 7. The van der Waals surface area contributed by atoms with Crippen molar-refractivity contribution in [3.05, 3.63) is 71.3 Å². The molecule has 1 saturated carbocycles. The van der Waals surface area contributed by atoms with E-state index in [-0.39, 0.29) is 37.3 Å². The van der Waals surface area contributed by atoms with Gasteiger partial charge in [0.1, 0.15) is 18.1 Å². The number of carboxylic acids is 1. The third-order valence-electron chi connectivity index (χ3n) is 9.22. The average molecular weight is 627 g/mol. The molecule has 2 heterocycles. The second kappa shape index (κ2) is 10.4.